The Kier molecular flexibility index (Phi) is 7.44. The predicted octanol–water partition coefficient (Wildman–Crippen LogP) is 4.51. The monoisotopic (exact) mass is 498 g/mol. The average Bonchev–Trinajstić information content (AvgIpc) is 3.52. The number of hydrogen-bond acceptors (Lipinski definition) is 6. The van der Waals surface area contributed by atoms with Crippen LogP contribution in [0.2, 0.25) is 0 Å². The maximum Gasteiger partial charge on any atom is 0.233 e. The first-order chi connectivity index (χ1) is 17.6. The van der Waals surface area contributed by atoms with Crippen LogP contribution >= 0.6 is 11.8 Å². The van der Waals surface area contributed by atoms with Crippen LogP contribution in [-0.4, -0.2) is 54.9 Å². The van der Waals surface area contributed by atoms with Gasteiger partial charge in [-0.05, 0) is 50.1 Å². The zero-order valence-electron chi connectivity index (χ0n) is 20.5. The second-order valence-electron chi connectivity index (χ2n) is 9.19. The van der Waals surface area contributed by atoms with E-state index in [0.717, 1.165) is 43.1 Å². The van der Waals surface area contributed by atoms with Crippen LogP contribution in [0.15, 0.2) is 84.3 Å². The van der Waals surface area contributed by atoms with Crippen LogP contribution in [0.5, 0.6) is 0 Å². The maximum atomic E-state index is 13.1. The zero-order chi connectivity index (χ0) is 24.9. The topological polar surface area (TPSA) is 75.9 Å². The van der Waals surface area contributed by atoms with E-state index in [1.54, 1.807) is 12.4 Å². The summed E-state index contributed by atoms with van der Waals surface area (Å²) in [6.07, 6.45) is 4.45. The van der Waals surface area contributed by atoms with Crippen LogP contribution in [0.25, 0.3) is 17.1 Å². The third-order valence-electron chi connectivity index (χ3n) is 6.38. The van der Waals surface area contributed by atoms with Crippen molar-refractivity contribution in [2.75, 3.05) is 13.1 Å². The number of pyridine rings is 1. The van der Waals surface area contributed by atoms with Crippen molar-refractivity contribution in [3.05, 3.63) is 90.3 Å². The molecular formula is C28H30N6OS. The standard InChI is InChI=1S/C28H30N6OS/c1-20-8-10-25(11-9-20)34-26(23-12-15-29-16-13-23)31-32-28(34)36-21(2)27(35)30-24-14-17-33(19-24)18-22-6-4-3-5-7-22/h3-13,15-16,21,24H,14,17-19H2,1-2H3,(H,30,35). The van der Waals surface area contributed by atoms with Crippen molar-refractivity contribution in [3.63, 3.8) is 0 Å². The minimum atomic E-state index is -0.313. The van der Waals surface area contributed by atoms with Crippen molar-refractivity contribution in [1.29, 1.82) is 0 Å². The zero-order valence-corrected chi connectivity index (χ0v) is 21.4. The molecule has 0 saturated carbocycles. The lowest BCUT2D eigenvalue weighted by atomic mass is 10.2. The van der Waals surface area contributed by atoms with Crippen LogP contribution in [0.3, 0.4) is 0 Å². The number of aromatic nitrogens is 4. The van der Waals surface area contributed by atoms with E-state index in [1.165, 1.54) is 22.9 Å². The van der Waals surface area contributed by atoms with Crippen molar-refractivity contribution in [3.8, 4) is 17.1 Å². The van der Waals surface area contributed by atoms with Gasteiger partial charge >= 0.3 is 0 Å². The Morgan fingerprint density at radius 2 is 1.81 bits per heavy atom. The minimum absolute atomic E-state index is 0.0236. The molecule has 2 aromatic carbocycles. The number of nitrogens with one attached hydrogen (secondary N) is 1. The number of likely N-dealkylation sites (tertiary alicyclic amines) is 1. The Morgan fingerprint density at radius 3 is 2.56 bits per heavy atom. The molecule has 5 rings (SSSR count). The number of carbonyl (C=O) groups is 1. The molecule has 1 fully saturated rings. The Labute approximate surface area is 216 Å². The van der Waals surface area contributed by atoms with Crippen molar-refractivity contribution in [1.82, 2.24) is 30.0 Å². The van der Waals surface area contributed by atoms with Crippen molar-refractivity contribution < 1.29 is 4.79 Å². The van der Waals surface area contributed by atoms with Crippen molar-refractivity contribution in [2.24, 2.45) is 0 Å². The second-order valence-corrected chi connectivity index (χ2v) is 10.5. The molecule has 0 radical (unpaired) electrons. The van der Waals surface area contributed by atoms with E-state index in [9.17, 15) is 4.79 Å². The van der Waals surface area contributed by atoms with E-state index in [1.807, 2.05) is 29.7 Å². The summed E-state index contributed by atoms with van der Waals surface area (Å²) in [7, 11) is 0. The molecule has 0 aliphatic carbocycles. The van der Waals surface area contributed by atoms with Gasteiger partial charge in [-0.25, -0.2) is 0 Å². The van der Waals surface area contributed by atoms with Crippen molar-refractivity contribution >= 4 is 17.7 Å². The van der Waals surface area contributed by atoms with Crippen LogP contribution in [-0.2, 0) is 11.3 Å². The Bertz CT molecular complexity index is 1290. The normalized spacial score (nSPS) is 16.7. The summed E-state index contributed by atoms with van der Waals surface area (Å²) >= 11 is 1.43. The van der Waals surface area contributed by atoms with Gasteiger partial charge in [0.25, 0.3) is 0 Å². The summed E-state index contributed by atoms with van der Waals surface area (Å²) in [5.74, 6) is 0.749. The molecule has 0 bridgehead atoms. The number of benzene rings is 2. The summed E-state index contributed by atoms with van der Waals surface area (Å²) in [4.78, 5) is 19.6. The maximum absolute atomic E-state index is 13.1. The molecule has 1 aliphatic heterocycles. The van der Waals surface area contributed by atoms with Gasteiger partial charge in [-0.1, -0.05) is 59.8 Å². The first-order valence-corrected chi connectivity index (χ1v) is 13.1. The van der Waals surface area contributed by atoms with Gasteiger partial charge in [0.2, 0.25) is 5.91 Å². The number of thioether (sulfide) groups is 1. The number of carbonyl (C=O) groups excluding carboxylic acids is 1. The molecule has 2 unspecified atom stereocenters. The molecule has 4 aromatic rings. The number of aryl methyl sites for hydroxylation is 1. The predicted molar refractivity (Wildman–Crippen MR) is 143 cm³/mol. The Morgan fingerprint density at radius 1 is 1.06 bits per heavy atom. The lowest BCUT2D eigenvalue weighted by molar-refractivity contribution is -0.120. The van der Waals surface area contributed by atoms with E-state index in [0.29, 0.717) is 5.16 Å². The SMILES string of the molecule is Cc1ccc(-n2c(SC(C)C(=O)NC3CCN(Cc4ccccc4)C3)nnc2-c2ccncc2)cc1. The minimum Gasteiger partial charge on any atom is -0.351 e. The van der Waals surface area contributed by atoms with Gasteiger partial charge in [0.1, 0.15) is 0 Å². The average molecular weight is 499 g/mol. The number of hydrogen-bond donors (Lipinski definition) is 1. The molecule has 36 heavy (non-hydrogen) atoms. The van der Waals surface area contributed by atoms with Gasteiger partial charge in [-0.15, -0.1) is 10.2 Å². The third-order valence-corrected chi connectivity index (χ3v) is 7.43. The molecule has 1 N–H and O–H groups in total. The molecule has 184 valence electrons. The first kappa shape index (κ1) is 24.2. The smallest absolute Gasteiger partial charge is 0.233 e. The van der Waals surface area contributed by atoms with Crippen molar-refractivity contribution in [2.45, 2.75) is 43.3 Å². The highest BCUT2D eigenvalue weighted by Crippen LogP contribution is 2.30. The second kappa shape index (κ2) is 11.1. The van der Waals surface area contributed by atoms with Gasteiger partial charge in [-0.3, -0.25) is 19.2 Å². The highest BCUT2D eigenvalue weighted by Gasteiger charge is 2.27. The number of amides is 1. The van der Waals surface area contributed by atoms with Gasteiger partial charge in [0.05, 0.1) is 5.25 Å². The van der Waals surface area contributed by atoms with Crippen LogP contribution < -0.4 is 5.32 Å². The summed E-state index contributed by atoms with van der Waals surface area (Å²) in [6, 6.07) is 22.7. The Balaban J connectivity index is 1.27. The van der Waals surface area contributed by atoms with Crippen LogP contribution in [0.1, 0.15) is 24.5 Å². The van der Waals surface area contributed by atoms with E-state index in [-0.39, 0.29) is 17.2 Å². The first-order valence-electron chi connectivity index (χ1n) is 12.2. The molecule has 2 aromatic heterocycles. The van der Waals surface area contributed by atoms with E-state index in [4.69, 9.17) is 0 Å². The lowest BCUT2D eigenvalue weighted by Gasteiger charge is -2.19. The van der Waals surface area contributed by atoms with Gasteiger partial charge in [-0.2, -0.15) is 0 Å². The lowest BCUT2D eigenvalue weighted by Crippen LogP contribution is -2.40. The molecule has 0 spiro atoms. The largest absolute Gasteiger partial charge is 0.351 e. The van der Waals surface area contributed by atoms with E-state index < -0.39 is 0 Å². The quantitative estimate of drug-likeness (QED) is 0.360. The molecule has 8 heteroatoms. The summed E-state index contributed by atoms with van der Waals surface area (Å²) in [5, 5.41) is 12.6. The highest BCUT2D eigenvalue weighted by atomic mass is 32.2. The number of nitrogens with zero attached hydrogens (tertiary/aromatic N) is 5. The summed E-state index contributed by atoms with van der Waals surface area (Å²) in [5.41, 5.74) is 4.36. The molecular weight excluding hydrogens is 468 g/mol. The molecule has 1 aliphatic rings. The fraction of sp³-hybridized carbons (Fsp3) is 0.286. The highest BCUT2D eigenvalue weighted by molar-refractivity contribution is 8.00. The molecule has 3 heterocycles. The third kappa shape index (κ3) is 5.66. The van der Waals surface area contributed by atoms with Gasteiger partial charge in [0.15, 0.2) is 11.0 Å². The summed E-state index contributed by atoms with van der Waals surface area (Å²) in [6.45, 7) is 6.75. The molecule has 2 atom stereocenters. The molecule has 1 amide bonds. The fourth-order valence-electron chi connectivity index (χ4n) is 4.43. The number of rotatable bonds is 8. The molecule has 7 nitrogen and oxygen atoms in total. The van der Waals surface area contributed by atoms with Crippen LogP contribution in [0.4, 0.5) is 0 Å². The van der Waals surface area contributed by atoms with Crippen LogP contribution in [0, 0.1) is 6.92 Å². The Hall–Kier alpha value is -3.49. The van der Waals surface area contributed by atoms with E-state index >= 15 is 0 Å². The van der Waals surface area contributed by atoms with Gasteiger partial charge in [0, 0.05) is 49.3 Å². The van der Waals surface area contributed by atoms with Gasteiger partial charge < -0.3 is 5.32 Å². The molecule has 1 saturated heterocycles. The van der Waals surface area contributed by atoms with E-state index in [2.05, 4.69) is 80.9 Å². The summed E-state index contributed by atoms with van der Waals surface area (Å²) < 4.78 is 2.01. The fourth-order valence-corrected chi connectivity index (χ4v) is 5.30.